The first-order valence-electron chi connectivity index (χ1n) is 10.0. The molecular formula is C22H24N4O4S. The Morgan fingerprint density at radius 3 is 2.52 bits per heavy atom. The molecule has 1 fully saturated rings. The van der Waals surface area contributed by atoms with Gasteiger partial charge in [0.25, 0.3) is 5.91 Å². The zero-order valence-electron chi connectivity index (χ0n) is 17.4. The van der Waals surface area contributed by atoms with Crippen LogP contribution in [0.25, 0.3) is 11.4 Å². The van der Waals surface area contributed by atoms with Gasteiger partial charge in [-0.2, -0.15) is 4.31 Å². The number of nitrogens with one attached hydrogen (secondary N) is 2. The lowest BCUT2D eigenvalue weighted by atomic mass is 10.2. The van der Waals surface area contributed by atoms with Crippen molar-refractivity contribution in [1.82, 2.24) is 14.3 Å². The predicted molar refractivity (Wildman–Crippen MR) is 118 cm³/mol. The number of methoxy groups -OCH3 is 1. The van der Waals surface area contributed by atoms with E-state index in [2.05, 4.69) is 15.3 Å². The van der Waals surface area contributed by atoms with E-state index in [1.165, 1.54) is 23.5 Å². The number of imidazole rings is 1. The van der Waals surface area contributed by atoms with E-state index in [0.29, 0.717) is 30.3 Å². The average molecular weight is 441 g/mol. The highest BCUT2D eigenvalue weighted by molar-refractivity contribution is 7.89. The van der Waals surface area contributed by atoms with Gasteiger partial charge in [-0.05, 0) is 31.9 Å². The van der Waals surface area contributed by atoms with Crippen LogP contribution in [0.5, 0.6) is 5.75 Å². The van der Waals surface area contributed by atoms with Crippen molar-refractivity contribution in [3.8, 4) is 17.1 Å². The Kier molecular flexibility index (Phi) is 5.79. The average Bonchev–Trinajstić information content (AvgIpc) is 3.44. The van der Waals surface area contributed by atoms with E-state index in [4.69, 9.17) is 4.74 Å². The minimum Gasteiger partial charge on any atom is -0.495 e. The van der Waals surface area contributed by atoms with Gasteiger partial charge in [0.15, 0.2) is 0 Å². The van der Waals surface area contributed by atoms with Gasteiger partial charge in [-0.3, -0.25) is 4.79 Å². The zero-order chi connectivity index (χ0) is 22.0. The van der Waals surface area contributed by atoms with Crippen molar-refractivity contribution in [2.75, 3.05) is 25.5 Å². The second-order valence-electron chi connectivity index (χ2n) is 7.36. The molecule has 0 radical (unpaired) electrons. The van der Waals surface area contributed by atoms with Crippen LogP contribution >= 0.6 is 0 Å². The van der Waals surface area contributed by atoms with Crippen LogP contribution < -0.4 is 10.1 Å². The summed E-state index contributed by atoms with van der Waals surface area (Å²) in [5.74, 6) is 0.398. The van der Waals surface area contributed by atoms with Crippen LogP contribution in [-0.4, -0.2) is 48.8 Å². The fraction of sp³-hybridized carbons (Fsp3) is 0.273. The van der Waals surface area contributed by atoms with E-state index in [0.717, 1.165) is 18.4 Å². The van der Waals surface area contributed by atoms with Crippen molar-refractivity contribution in [3.63, 3.8) is 0 Å². The number of anilines is 1. The third-order valence-electron chi connectivity index (χ3n) is 5.25. The van der Waals surface area contributed by atoms with E-state index in [1.807, 2.05) is 30.3 Å². The fourth-order valence-corrected chi connectivity index (χ4v) is 5.28. The molecule has 2 aromatic carbocycles. The molecule has 0 saturated carbocycles. The zero-order valence-corrected chi connectivity index (χ0v) is 18.2. The molecule has 2 heterocycles. The second kappa shape index (κ2) is 8.52. The molecule has 31 heavy (non-hydrogen) atoms. The van der Waals surface area contributed by atoms with Crippen LogP contribution in [0.3, 0.4) is 0 Å². The van der Waals surface area contributed by atoms with E-state index in [9.17, 15) is 13.2 Å². The molecule has 8 nitrogen and oxygen atoms in total. The maximum atomic E-state index is 12.9. The third-order valence-corrected chi connectivity index (χ3v) is 7.19. The van der Waals surface area contributed by atoms with Gasteiger partial charge in [-0.25, -0.2) is 13.4 Å². The number of aryl methyl sites for hydroxylation is 1. The summed E-state index contributed by atoms with van der Waals surface area (Å²) >= 11 is 0. The van der Waals surface area contributed by atoms with Crippen molar-refractivity contribution in [1.29, 1.82) is 0 Å². The molecule has 0 bridgehead atoms. The molecule has 1 amide bonds. The van der Waals surface area contributed by atoms with Crippen molar-refractivity contribution >= 4 is 21.6 Å². The van der Waals surface area contributed by atoms with Crippen molar-refractivity contribution in [3.05, 3.63) is 59.9 Å². The number of ether oxygens (including phenoxy) is 1. The van der Waals surface area contributed by atoms with E-state index < -0.39 is 15.9 Å². The predicted octanol–water partition coefficient (Wildman–Crippen LogP) is 3.43. The van der Waals surface area contributed by atoms with Gasteiger partial charge >= 0.3 is 0 Å². The van der Waals surface area contributed by atoms with Gasteiger partial charge < -0.3 is 15.0 Å². The van der Waals surface area contributed by atoms with Crippen LogP contribution in [0.4, 0.5) is 5.69 Å². The third kappa shape index (κ3) is 4.19. The van der Waals surface area contributed by atoms with Crippen LogP contribution in [0.2, 0.25) is 0 Å². The molecule has 162 valence electrons. The minimum absolute atomic E-state index is 0.0946. The molecule has 2 N–H and O–H groups in total. The highest BCUT2D eigenvalue weighted by Gasteiger charge is 2.30. The first kappa shape index (κ1) is 21.1. The van der Waals surface area contributed by atoms with E-state index in [1.54, 1.807) is 13.0 Å². The largest absolute Gasteiger partial charge is 0.495 e. The monoisotopic (exact) mass is 440 g/mol. The first-order chi connectivity index (χ1) is 14.9. The molecule has 1 saturated heterocycles. The molecule has 1 aromatic heterocycles. The number of nitrogens with zero attached hydrogens (tertiary/aromatic N) is 2. The quantitative estimate of drug-likeness (QED) is 0.611. The molecule has 3 aromatic rings. The Morgan fingerprint density at radius 1 is 1.13 bits per heavy atom. The molecule has 4 rings (SSSR count). The van der Waals surface area contributed by atoms with Crippen molar-refractivity contribution < 1.29 is 17.9 Å². The van der Waals surface area contributed by atoms with Gasteiger partial charge in [0.1, 0.15) is 22.2 Å². The first-order valence-corrected chi connectivity index (χ1v) is 11.5. The highest BCUT2D eigenvalue weighted by atomic mass is 32.2. The Morgan fingerprint density at radius 2 is 1.84 bits per heavy atom. The lowest BCUT2D eigenvalue weighted by Crippen LogP contribution is -2.28. The van der Waals surface area contributed by atoms with Gasteiger partial charge in [-0.1, -0.05) is 30.3 Å². The number of rotatable bonds is 6. The smallest absolute Gasteiger partial charge is 0.276 e. The van der Waals surface area contributed by atoms with Crippen LogP contribution in [0, 0.1) is 6.92 Å². The summed E-state index contributed by atoms with van der Waals surface area (Å²) in [4.78, 5) is 20.5. The number of H-pyrrole nitrogens is 1. The number of hydrogen-bond donors (Lipinski definition) is 2. The summed E-state index contributed by atoms with van der Waals surface area (Å²) in [6.07, 6.45) is 1.70. The topological polar surface area (TPSA) is 104 Å². The number of carbonyl (C=O) groups excluding carboxylic acids is 1. The van der Waals surface area contributed by atoms with Crippen molar-refractivity contribution in [2.45, 2.75) is 24.7 Å². The molecular weight excluding hydrogens is 416 g/mol. The normalized spacial score (nSPS) is 14.5. The number of carbonyl (C=O) groups is 1. The maximum absolute atomic E-state index is 12.9. The van der Waals surface area contributed by atoms with E-state index >= 15 is 0 Å². The van der Waals surface area contributed by atoms with Crippen LogP contribution in [-0.2, 0) is 10.0 Å². The molecule has 0 unspecified atom stereocenters. The summed E-state index contributed by atoms with van der Waals surface area (Å²) in [6.45, 7) is 2.79. The number of aromatic amines is 1. The summed E-state index contributed by atoms with van der Waals surface area (Å²) in [5.41, 5.74) is 2.21. The minimum atomic E-state index is -3.63. The standard InChI is InChI=1S/C22H24N4O4S/c1-15-20(25-21(23-15)16-8-4-3-5-9-16)22(27)24-17-10-11-19(18(14-17)30-2)31(28,29)26-12-6-7-13-26/h3-5,8-11,14H,6-7,12-13H2,1-2H3,(H,23,25)(H,24,27). The second-order valence-corrected chi connectivity index (χ2v) is 9.26. The van der Waals surface area contributed by atoms with Crippen LogP contribution in [0.1, 0.15) is 29.0 Å². The number of hydrogen-bond acceptors (Lipinski definition) is 5. The molecule has 1 aliphatic heterocycles. The molecule has 0 spiro atoms. The molecule has 0 atom stereocenters. The Labute approximate surface area is 181 Å². The van der Waals surface area contributed by atoms with Gasteiger partial charge in [0, 0.05) is 36.1 Å². The lowest BCUT2D eigenvalue weighted by molar-refractivity contribution is 0.102. The molecule has 0 aliphatic carbocycles. The molecule has 9 heteroatoms. The Hall–Kier alpha value is -3.17. The summed E-state index contributed by atoms with van der Waals surface area (Å²) in [5, 5.41) is 2.78. The number of amides is 1. The summed E-state index contributed by atoms with van der Waals surface area (Å²) in [6, 6.07) is 14.1. The number of sulfonamides is 1. The van der Waals surface area contributed by atoms with Crippen LogP contribution in [0.15, 0.2) is 53.4 Å². The van der Waals surface area contributed by atoms with Gasteiger partial charge in [0.2, 0.25) is 10.0 Å². The summed E-state index contributed by atoms with van der Waals surface area (Å²) in [7, 11) is -2.22. The van der Waals surface area contributed by atoms with E-state index in [-0.39, 0.29) is 16.3 Å². The molecule has 1 aliphatic rings. The Bertz CT molecular complexity index is 1200. The number of benzene rings is 2. The lowest BCUT2D eigenvalue weighted by Gasteiger charge is -2.18. The fourth-order valence-electron chi connectivity index (χ4n) is 3.63. The van der Waals surface area contributed by atoms with Gasteiger partial charge in [-0.15, -0.1) is 0 Å². The highest BCUT2D eigenvalue weighted by Crippen LogP contribution is 2.31. The number of aromatic nitrogens is 2. The van der Waals surface area contributed by atoms with Gasteiger partial charge in [0.05, 0.1) is 7.11 Å². The van der Waals surface area contributed by atoms with Crippen molar-refractivity contribution in [2.24, 2.45) is 0 Å². The maximum Gasteiger partial charge on any atom is 0.276 e. The Balaban J connectivity index is 1.57. The summed E-state index contributed by atoms with van der Waals surface area (Å²) < 4.78 is 32.6. The SMILES string of the molecule is COc1cc(NC(=O)c2nc(-c3ccccc3)[nH]c2C)ccc1S(=O)(=O)N1CCCC1.